The lowest BCUT2D eigenvalue weighted by molar-refractivity contribution is 0.111. The van der Waals surface area contributed by atoms with E-state index in [9.17, 15) is 8.42 Å². The van der Waals surface area contributed by atoms with Gasteiger partial charge in [-0.05, 0) is 49.4 Å². The zero-order valence-electron chi connectivity index (χ0n) is 20.6. The fourth-order valence-electron chi connectivity index (χ4n) is 4.10. The fraction of sp³-hybridized carbons (Fsp3) is 0.308. The van der Waals surface area contributed by atoms with Gasteiger partial charge in [0.2, 0.25) is 0 Å². The second-order valence-corrected chi connectivity index (χ2v) is 10.7. The zero-order chi connectivity index (χ0) is 25.9. The predicted octanol–water partition coefficient (Wildman–Crippen LogP) is 4.96. The second-order valence-electron chi connectivity index (χ2n) is 8.66. The van der Waals surface area contributed by atoms with Crippen LogP contribution < -0.4 is 29.0 Å². The smallest absolute Gasteiger partial charge is 0.262 e. The van der Waals surface area contributed by atoms with Crippen molar-refractivity contribution in [1.29, 1.82) is 0 Å². The molecule has 1 saturated heterocycles. The average molecular weight is 533 g/mol. The van der Waals surface area contributed by atoms with Gasteiger partial charge in [0.1, 0.15) is 17.1 Å². The van der Waals surface area contributed by atoms with Gasteiger partial charge in [0.25, 0.3) is 10.0 Å². The third kappa shape index (κ3) is 5.48. The van der Waals surface area contributed by atoms with Crippen molar-refractivity contribution in [3.8, 4) is 34.1 Å². The highest BCUT2D eigenvalue weighted by atomic mass is 35.5. The van der Waals surface area contributed by atoms with Crippen molar-refractivity contribution in [2.24, 2.45) is 0 Å². The summed E-state index contributed by atoms with van der Waals surface area (Å²) in [6, 6.07) is 15.0. The maximum absolute atomic E-state index is 13.7. The molecule has 8 nitrogen and oxygen atoms in total. The van der Waals surface area contributed by atoms with Crippen molar-refractivity contribution in [1.82, 2.24) is 5.32 Å². The number of nitrogens with one attached hydrogen (secondary N) is 2. The van der Waals surface area contributed by atoms with Crippen molar-refractivity contribution in [3.05, 3.63) is 59.6 Å². The molecule has 0 amide bonds. The Balaban J connectivity index is 1.75. The van der Waals surface area contributed by atoms with Crippen LogP contribution in [0.4, 0.5) is 5.69 Å². The maximum atomic E-state index is 13.7. The van der Waals surface area contributed by atoms with Gasteiger partial charge in [-0.2, -0.15) is 0 Å². The third-order valence-electron chi connectivity index (χ3n) is 6.03. The third-order valence-corrected chi connectivity index (χ3v) is 7.76. The maximum Gasteiger partial charge on any atom is 0.262 e. The summed E-state index contributed by atoms with van der Waals surface area (Å²) in [7, 11) is 0.420. The first-order valence-electron chi connectivity index (χ1n) is 11.3. The monoisotopic (exact) mass is 532 g/mol. The summed E-state index contributed by atoms with van der Waals surface area (Å²) in [6.45, 7) is 3.51. The molecule has 10 heteroatoms. The van der Waals surface area contributed by atoms with Gasteiger partial charge in [-0.3, -0.25) is 4.72 Å². The van der Waals surface area contributed by atoms with Crippen LogP contribution in [-0.4, -0.2) is 48.4 Å². The van der Waals surface area contributed by atoms with E-state index in [1.807, 2.05) is 6.92 Å². The highest BCUT2D eigenvalue weighted by Gasteiger charge is 2.31. The lowest BCUT2D eigenvalue weighted by Gasteiger charge is -2.26. The minimum absolute atomic E-state index is 0.0118. The highest BCUT2D eigenvalue weighted by Crippen LogP contribution is 2.40. The van der Waals surface area contributed by atoms with E-state index >= 15 is 0 Å². The molecule has 0 radical (unpaired) electrons. The molecule has 3 aromatic carbocycles. The number of rotatable bonds is 9. The number of methoxy groups -OCH3 is 3. The van der Waals surface area contributed by atoms with E-state index < -0.39 is 15.6 Å². The number of hydrogen-bond donors (Lipinski definition) is 2. The van der Waals surface area contributed by atoms with Gasteiger partial charge < -0.3 is 24.3 Å². The number of anilines is 1. The molecule has 1 atom stereocenters. The molecule has 36 heavy (non-hydrogen) atoms. The van der Waals surface area contributed by atoms with Crippen LogP contribution in [-0.2, 0) is 10.0 Å². The molecule has 0 aromatic heterocycles. The number of hydrogen-bond acceptors (Lipinski definition) is 7. The minimum atomic E-state index is -4.08. The van der Waals surface area contributed by atoms with Gasteiger partial charge in [0, 0.05) is 30.7 Å². The molecule has 1 heterocycles. The predicted molar refractivity (Wildman–Crippen MR) is 140 cm³/mol. The van der Waals surface area contributed by atoms with Crippen LogP contribution in [0.15, 0.2) is 59.5 Å². The molecular weight excluding hydrogens is 504 g/mol. The van der Waals surface area contributed by atoms with E-state index in [0.717, 1.165) is 13.0 Å². The zero-order valence-corrected chi connectivity index (χ0v) is 22.1. The van der Waals surface area contributed by atoms with Gasteiger partial charge in [-0.1, -0.05) is 23.7 Å². The molecular formula is C26H29ClN2O6S. The summed E-state index contributed by atoms with van der Waals surface area (Å²) in [5.74, 6) is 1.68. The Bertz CT molecular complexity index is 1360. The topological polar surface area (TPSA) is 95.1 Å². The number of ether oxygens (including phenoxy) is 4. The minimum Gasteiger partial charge on any atom is -0.497 e. The van der Waals surface area contributed by atoms with Gasteiger partial charge in [0.15, 0.2) is 11.5 Å². The first-order chi connectivity index (χ1) is 17.2. The van der Waals surface area contributed by atoms with E-state index in [1.54, 1.807) is 55.6 Å². The lowest BCUT2D eigenvalue weighted by Crippen LogP contribution is -2.34. The normalized spacial score (nSPS) is 17.5. The van der Waals surface area contributed by atoms with Crippen molar-refractivity contribution in [3.63, 3.8) is 0 Å². The Morgan fingerprint density at radius 3 is 2.36 bits per heavy atom. The first-order valence-corrected chi connectivity index (χ1v) is 13.2. The Kier molecular flexibility index (Phi) is 7.54. The highest BCUT2D eigenvalue weighted by molar-refractivity contribution is 7.92. The van der Waals surface area contributed by atoms with Crippen LogP contribution in [0.5, 0.6) is 23.0 Å². The molecule has 3 aromatic rings. The second kappa shape index (κ2) is 10.5. The van der Waals surface area contributed by atoms with Crippen molar-refractivity contribution in [2.75, 3.05) is 39.1 Å². The van der Waals surface area contributed by atoms with Crippen molar-refractivity contribution < 1.29 is 27.4 Å². The average Bonchev–Trinajstić information content (AvgIpc) is 3.30. The first kappa shape index (κ1) is 25.9. The van der Waals surface area contributed by atoms with E-state index in [2.05, 4.69) is 10.0 Å². The summed E-state index contributed by atoms with van der Waals surface area (Å²) in [6.07, 6.45) is 0.814. The van der Waals surface area contributed by atoms with Gasteiger partial charge in [0.05, 0.1) is 36.9 Å². The van der Waals surface area contributed by atoms with E-state index in [0.29, 0.717) is 45.6 Å². The molecule has 2 N–H and O–H groups in total. The number of benzene rings is 3. The van der Waals surface area contributed by atoms with Gasteiger partial charge >= 0.3 is 0 Å². The molecule has 1 fully saturated rings. The molecule has 1 aliphatic heterocycles. The van der Waals surface area contributed by atoms with Gasteiger partial charge in [-0.15, -0.1) is 0 Å². The molecule has 0 aliphatic carbocycles. The number of halogens is 1. The molecule has 4 rings (SSSR count). The van der Waals surface area contributed by atoms with E-state index in [4.69, 9.17) is 30.5 Å². The van der Waals surface area contributed by atoms with E-state index in [-0.39, 0.29) is 10.6 Å². The van der Waals surface area contributed by atoms with Crippen molar-refractivity contribution >= 4 is 27.3 Å². The molecule has 0 saturated carbocycles. The molecule has 192 valence electrons. The van der Waals surface area contributed by atoms with Crippen LogP contribution in [0.25, 0.3) is 11.1 Å². The quantitative estimate of drug-likeness (QED) is 0.402. The summed E-state index contributed by atoms with van der Waals surface area (Å²) >= 11 is 6.37. The Labute approximate surface area is 216 Å². The van der Waals surface area contributed by atoms with E-state index in [1.165, 1.54) is 20.3 Å². The fourth-order valence-corrected chi connectivity index (χ4v) is 5.53. The van der Waals surface area contributed by atoms with Crippen LogP contribution in [0.2, 0.25) is 5.02 Å². The van der Waals surface area contributed by atoms with Crippen LogP contribution >= 0.6 is 11.6 Å². The lowest BCUT2D eigenvalue weighted by atomic mass is 10.0. The molecule has 0 unspecified atom stereocenters. The summed E-state index contributed by atoms with van der Waals surface area (Å²) in [5.41, 5.74) is 0.950. The summed E-state index contributed by atoms with van der Waals surface area (Å²) < 4.78 is 52.4. The SMILES string of the molecule is COc1cccc(-c2cc(OC)c(OC)cc2S(=O)(=O)Nc2ccc(Cl)c(O[C@]3(C)CCNC3)c2)c1. The van der Waals surface area contributed by atoms with Crippen LogP contribution in [0.1, 0.15) is 13.3 Å². The summed E-state index contributed by atoms with van der Waals surface area (Å²) in [4.78, 5) is 0.0118. The van der Waals surface area contributed by atoms with Crippen LogP contribution in [0.3, 0.4) is 0 Å². The molecule has 0 bridgehead atoms. The summed E-state index contributed by atoms with van der Waals surface area (Å²) in [5, 5.41) is 3.66. The molecule has 1 aliphatic rings. The Hall–Kier alpha value is -3.14. The van der Waals surface area contributed by atoms with Crippen LogP contribution in [0, 0.1) is 0 Å². The standard InChI is InChI=1S/C26H29ClN2O6S/c1-26(10-11-28-16-26)35-22-13-18(8-9-21(22)27)29-36(30,31)25-15-24(34-4)23(33-3)14-20(25)17-6-5-7-19(12-17)32-2/h5-9,12-15,28-29H,10-11,16H2,1-4H3/t26-/m1/s1. The Morgan fingerprint density at radius 1 is 0.944 bits per heavy atom. The largest absolute Gasteiger partial charge is 0.497 e. The molecule has 0 spiro atoms. The number of sulfonamides is 1. The Morgan fingerprint density at radius 2 is 1.69 bits per heavy atom. The van der Waals surface area contributed by atoms with Gasteiger partial charge in [-0.25, -0.2) is 8.42 Å². The van der Waals surface area contributed by atoms with Crippen molar-refractivity contribution in [2.45, 2.75) is 23.8 Å².